The Balaban J connectivity index is 1.97. The van der Waals surface area contributed by atoms with Crippen LogP contribution in [0.1, 0.15) is 11.1 Å². The Morgan fingerprint density at radius 2 is 1.83 bits per heavy atom. The van der Waals surface area contributed by atoms with E-state index in [0.29, 0.717) is 11.3 Å². The first-order chi connectivity index (χ1) is 11.0. The van der Waals surface area contributed by atoms with Gasteiger partial charge in [-0.2, -0.15) is 0 Å². The number of halogens is 1. The van der Waals surface area contributed by atoms with E-state index >= 15 is 0 Å². The third kappa shape index (κ3) is 2.98. The van der Waals surface area contributed by atoms with E-state index in [1.807, 2.05) is 6.92 Å². The molecule has 3 rings (SSSR count). The molecule has 1 aliphatic heterocycles. The summed E-state index contributed by atoms with van der Waals surface area (Å²) >= 11 is 3.32. The van der Waals surface area contributed by atoms with Crippen molar-refractivity contribution in [3.05, 3.63) is 63.6 Å². The number of hydrazine groups is 1. The molecule has 2 amide bonds. The number of carbonyl (C=O) groups is 2. The van der Waals surface area contributed by atoms with E-state index in [0.717, 1.165) is 10.0 Å². The van der Waals surface area contributed by atoms with Crippen molar-refractivity contribution in [1.82, 2.24) is 5.43 Å². The number of phenolic OH excluding ortho intramolecular Hbond substituents is 1. The molecular formula is C17H13BrN2O3. The standard InChI is InChI=1S/C17H13BrN2O3/c1-10-2-7-15(21)11(8-10)9-14-16(22)19-20(17(14)23)13-5-3-12(18)4-6-13/h2-9,21H,1H3,(H,19,22). The summed E-state index contributed by atoms with van der Waals surface area (Å²) in [5.41, 5.74) is 4.42. The van der Waals surface area contributed by atoms with Gasteiger partial charge in [-0.3, -0.25) is 15.0 Å². The lowest BCUT2D eigenvalue weighted by atomic mass is 10.1. The Morgan fingerprint density at radius 3 is 2.52 bits per heavy atom. The second-order valence-electron chi connectivity index (χ2n) is 5.18. The van der Waals surface area contributed by atoms with Crippen molar-refractivity contribution in [3.8, 4) is 5.75 Å². The summed E-state index contributed by atoms with van der Waals surface area (Å²) < 4.78 is 0.875. The molecule has 0 atom stereocenters. The van der Waals surface area contributed by atoms with Crippen molar-refractivity contribution in [2.24, 2.45) is 0 Å². The van der Waals surface area contributed by atoms with E-state index in [4.69, 9.17) is 0 Å². The van der Waals surface area contributed by atoms with E-state index in [-0.39, 0.29) is 11.3 Å². The van der Waals surface area contributed by atoms with Crippen LogP contribution in [0.4, 0.5) is 5.69 Å². The van der Waals surface area contributed by atoms with Crippen LogP contribution in [-0.2, 0) is 9.59 Å². The Hall–Kier alpha value is -2.60. The number of anilines is 1. The number of benzene rings is 2. The Bertz CT molecular complexity index is 828. The first-order valence-corrected chi connectivity index (χ1v) is 7.67. The van der Waals surface area contributed by atoms with Crippen LogP contribution in [0, 0.1) is 6.92 Å². The number of amides is 2. The lowest BCUT2D eigenvalue weighted by molar-refractivity contribution is -0.117. The minimum absolute atomic E-state index is 0.0193. The van der Waals surface area contributed by atoms with Crippen LogP contribution in [0.2, 0.25) is 0 Å². The van der Waals surface area contributed by atoms with Gasteiger partial charge in [0.25, 0.3) is 11.8 Å². The molecule has 2 N–H and O–H groups in total. The quantitative estimate of drug-likeness (QED) is 0.628. The van der Waals surface area contributed by atoms with Crippen LogP contribution in [0.25, 0.3) is 6.08 Å². The molecule has 2 aromatic rings. The average molecular weight is 373 g/mol. The van der Waals surface area contributed by atoms with Gasteiger partial charge >= 0.3 is 0 Å². The molecule has 1 fully saturated rings. The summed E-state index contributed by atoms with van der Waals surface area (Å²) in [6, 6.07) is 12.0. The van der Waals surface area contributed by atoms with E-state index in [2.05, 4.69) is 21.4 Å². The molecule has 0 bridgehead atoms. The second kappa shape index (κ2) is 5.89. The number of nitrogens with one attached hydrogen (secondary N) is 1. The highest BCUT2D eigenvalue weighted by atomic mass is 79.9. The zero-order chi connectivity index (χ0) is 16.6. The Morgan fingerprint density at radius 1 is 1.13 bits per heavy atom. The van der Waals surface area contributed by atoms with Gasteiger partial charge in [0.05, 0.1) is 5.69 Å². The fourth-order valence-corrected chi connectivity index (χ4v) is 2.54. The molecule has 116 valence electrons. The number of phenols is 1. The first kappa shape index (κ1) is 15.3. The highest BCUT2D eigenvalue weighted by molar-refractivity contribution is 9.10. The monoisotopic (exact) mass is 372 g/mol. The molecule has 2 aromatic carbocycles. The van der Waals surface area contributed by atoms with Gasteiger partial charge in [0.1, 0.15) is 11.3 Å². The van der Waals surface area contributed by atoms with Crippen LogP contribution >= 0.6 is 15.9 Å². The molecule has 0 aromatic heterocycles. The van der Waals surface area contributed by atoms with E-state index in [1.165, 1.54) is 17.2 Å². The molecule has 1 saturated heterocycles. The Kier molecular flexibility index (Phi) is 3.92. The molecule has 1 heterocycles. The molecule has 5 nitrogen and oxygen atoms in total. The summed E-state index contributed by atoms with van der Waals surface area (Å²) in [6.07, 6.45) is 1.40. The van der Waals surface area contributed by atoms with E-state index in [9.17, 15) is 14.7 Å². The summed E-state index contributed by atoms with van der Waals surface area (Å²) in [6.45, 7) is 1.87. The van der Waals surface area contributed by atoms with Gasteiger partial charge in [0, 0.05) is 10.0 Å². The normalized spacial score (nSPS) is 16.1. The topological polar surface area (TPSA) is 69.6 Å². The van der Waals surface area contributed by atoms with Crippen LogP contribution in [0.5, 0.6) is 5.75 Å². The van der Waals surface area contributed by atoms with Gasteiger partial charge in [0.2, 0.25) is 0 Å². The molecule has 0 spiro atoms. The van der Waals surface area contributed by atoms with Crippen molar-refractivity contribution < 1.29 is 14.7 Å². The number of nitrogens with zero attached hydrogens (tertiary/aromatic N) is 1. The number of hydrogen-bond donors (Lipinski definition) is 2. The largest absolute Gasteiger partial charge is 0.507 e. The number of hydrogen-bond acceptors (Lipinski definition) is 3. The minimum atomic E-state index is -0.501. The lowest BCUT2D eigenvalue weighted by Crippen LogP contribution is -2.35. The van der Waals surface area contributed by atoms with Crippen molar-refractivity contribution >= 4 is 39.5 Å². The molecule has 0 unspecified atom stereocenters. The highest BCUT2D eigenvalue weighted by Crippen LogP contribution is 2.26. The third-order valence-corrected chi connectivity index (χ3v) is 3.99. The van der Waals surface area contributed by atoms with E-state index < -0.39 is 11.8 Å². The van der Waals surface area contributed by atoms with Gasteiger partial charge in [-0.15, -0.1) is 0 Å². The zero-order valence-electron chi connectivity index (χ0n) is 12.2. The van der Waals surface area contributed by atoms with Crippen molar-refractivity contribution in [1.29, 1.82) is 0 Å². The minimum Gasteiger partial charge on any atom is -0.507 e. The maximum Gasteiger partial charge on any atom is 0.282 e. The molecule has 1 aliphatic rings. The number of aryl methyl sites for hydroxylation is 1. The molecule has 0 saturated carbocycles. The number of carbonyl (C=O) groups excluding carboxylic acids is 2. The van der Waals surface area contributed by atoms with Gasteiger partial charge in [-0.25, -0.2) is 5.01 Å². The maximum absolute atomic E-state index is 12.5. The third-order valence-electron chi connectivity index (χ3n) is 3.46. The summed E-state index contributed by atoms with van der Waals surface area (Å²) in [5, 5.41) is 11.1. The van der Waals surface area contributed by atoms with Crippen LogP contribution in [0.3, 0.4) is 0 Å². The molecular weight excluding hydrogens is 360 g/mol. The number of rotatable bonds is 2. The molecule has 0 aliphatic carbocycles. The highest BCUT2D eigenvalue weighted by Gasteiger charge is 2.34. The molecule has 0 radical (unpaired) electrons. The lowest BCUT2D eigenvalue weighted by Gasteiger charge is -2.14. The van der Waals surface area contributed by atoms with Gasteiger partial charge in [0.15, 0.2) is 0 Å². The van der Waals surface area contributed by atoms with Crippen molar-refractivity contribution in [2.45, 2.75) is 6.92 Å². The SMILES string of the molecule is Cc1ccc(O)c(C=C2C(=O)NN(c3ccc(Br)cc3)C2=O)c1. The van der Waals surface area contributed by atoms with Crippen molar-refractivity contribution in [2.75, 3.05) is 5.01 Å². The summed E-state index contributed by atoms with van der Waals surface area (Å²) in [7, 11) is 0. The first-order valence-electron chi connectivity index (χ1n) is 6.88. The van der Waals surface area contributed by atoms with Crippen LogP contribution < -0.4 is 10.4 Å². The van der Waals surface area contributed by atoms with E-state index in [1.54, 1.807) is 36.4 Å². The summed E-state index contributed by atoms with van der Waals surface area (Å²) in [5.74, 6) is -0.942. The molecule has 6 heteroatoms. The Labute approximate surface area is 141 Å². The van der Waals surface area contributed by atoms with Crippen LogP contribution in [-0.4, -0.2) is 16.9 Å². The fourth-order valence-electron chi connectivity index (χ4n) is 2.27. The fraction of sp³-hybridized carbons (Fsp3) is 0.0588. The van der Waals surface area contributed by atoms with Gasteiger partial charge in [-0.05, 0) is 49.4 Å². The van der Waals surface area contributed by atoms with Crippen molar-refractivity contribution in [3.63, 3.8) is 0 Å². The zero-order valence-corrected chi connectivity index (χ0v) is 13.8. The average Bonchev–Trinajstić information content (AvgIpc) is 2.80. The second-order valence-corrected chi connectivity index (χ2v) is 6.09. The number of aromatic hydroxyl groups is 1. The van der Waals surface area contributed by atoms with Gasteiger partial charge < -0.3 is 5.11 Å². The van der Waals surface area contributed by atoms with Gasteiger partial charge in [-0.1, -0.05) is 27.6 Å². The predicted octanol–water partition coefficient (Wildman–Crippen LogP) is 2.92. The predicted molar refractivity (Wildman–Crippen MR) is 90.6 cm³/mol. The molecule has 23 heavy (non-hydrogen) atoms. The smallest absolute Gasteiger partial charge is 0.282 e. The maximum atomic E-state index is 12.5. The van der Waals surface area contributed by atoms with Crippen LogP contribution in [0.15, 0.2) is 52.5 Å². The summed E-state index contributed by atoms with van der Waals surface area (Å²) in [4.78, 5) is 24.6.